The van der Waals surface area contributed by atoms with Crippen molar-refractivity contribution in [2.75, 3.05) is 50.7 Å². The number of rotatable bonds is 5. The second-order valence-electron chi connectivity index (χ2n) is 9.25. The number of piperazine rings is 1. The van der Waals surface area contributed by atoms with Gasteiger partial charge in [0.25, 0.3) is 5.56 Å². The molecular formula is C26H30N6OS. The molecule has 0 aliphatic carbocycles. The van der Waals surface area contributed by atoms with Gasteiger partial charge in [-0.25, -0.2) is 4.98 Å². The average molecular weight is 475 g/mol. The van der Waals surface area contributed by atoms with Gasteiger partial charge in [0.2, 0.25) is 0 Å². The van der Waals surface area contributed by atoms with Gasteiger partial charge in [0, 0.05) is 74.2 Å². The fourth-order valence-electron chi connectivity index (χ4n) is 5.30. The molecule has 34 heavy (non-hydrogen) atoms. The van der Waals surface area contributed by atoms with Crippen LogP contribution in [0.3, 0.4) is 0 Å². The van der Waals surface area contributed by atoms with Gasteiger partial charge >= 0.3 is 0 Å². The lowest BCUT2D eigenvalue weighted by Crippen LogP contribution is -2.47. The first-order chi connectivity index (χ1) is 16.7. The van der Waals surface area contributed by atoms with E-state index >= 15 is 0 Å². The Hall–Kier alpha value is -2.81. The number of anilines is 1. The predicted octanol–water partition coefficient (Wildman–Crippen LogP) is 3.21. The fourth-order valence-corrected chi connectivity index (χ4v) is 6.43. The van der Waals surface area contributed by atoms with Crippen molar-refractivity contribution < 1.29 is 0 Å². The third kappa shape index (κ3) is 3.89. The molecule has 0 spiro atoms. The van der Waals surface area contributed by atoms with Gasteiger partial charge in [0.15, 0.2) is 0 Å². The smallest absolute Gasteiger partial charge is 0.262 e. The molecule has 8 heteroatoms. The highest BCUT2D eigenvalue weighted by atomic mass is 32.1. The summed E-state index contributed by atoms with van der Waals surface area (Å²) in [5, 5.41) is 3.30. The summed E-state index contributed by atoms with van der Waals surface area (Å²) in [6.45, 7) is 10.6. The maximum Gasteiger partial charge on any atom is 0.262 e. The number of likely N-dealkylation sites (N-methyl/N-ethyl adjacent to an activating group) is 1. The molecule has 1 aromatic carbocycles. The first kappa shape index (κ1) is 21.7. The second-order valence-corrected chi connectivity index (χ2v) is 10.3. The molecule has 2 aliphatic heterocycles. The normalized spacial score (nSPS) is 17.5. The fraction of sp³-hybridized carbons (Fsp3) is 0.423. The van der Waals surface area contributed by atoms with Gasteiger partial charge < -0.3 is 4.90 Å². The van der Waals surface area contributed by atoms with Crippen LogP contribution < -0.4 is 10.5 Å². The van der Waals surface area contributed by atoms with Crippen molar-refractivity contribution in [3.05, 3.63) is 63.8 Å². The van der Waals surface area contributed by atoms with E-state index in [1.807, 2.05) is 17.0 Å². The molecule has 0 N–H and O–H groups in total. The zero-order valence-corrected chi connectivity index (χ0v) is 20.4. The van der Waals surface area contributed by atoms with E-state index in [0.29, 0.717) is 6.54 Å². The van der Waals surface area contributed by atoms with E-state index in [1.165, 1.54) is 26.9 Å². The summed E-state index contributed by atoms with van der Waals surface area (Å²) in [6.07, 6.45) is 6.70. The average Bonchev–Trinajstić information content (AvgIpc) is 3.27. The molecule has 0 amide bonds. The SMILES string of the molecule is CCN1CCc2sc3ncn(CCN4CCN(c5cncc6ccccc56)CC4)c(=O)c3c2C1. The van der Waals surface area contributed by atoms with Crippen LogP contribution >= 0.6 is 11.3 Å². The van der Waals surface area contributed by atoms with Gasteiger partial charge in [-0.05, 0) is 18.5 Å². The first-order valence-electron chi connectivity index (χ1n) is 12.2. The van der Waals surface area contributed by atoms with Crippen LogP contribution in [0.4, 0.5) is 5.69 Å². The lowest BCUT2D eigenvalue weighted by molar-refractivity contribution is 0.247. The summed E-state index contributed by atoms with van der Waals surface area (Å²) in [5.41, 5.74) is 2.56. The minimum absolute atomic E-state index is 0.126. The third-order valence-electron chi connectivity index (χ3n) is 7.36. The van der Waals surface area contributed by atoms with Crippen molar-refractivity contribution in [2.45, 2.75) is 26.4 Å². The summed E-state index contributed by atoms with van der Waals surface area (Å²) >= 11 is 1.71. The van der Waals surface area contributed by atoms with Crippen LogP contribution in [0.5, 0.6) is 0 Å². The second kappa shape index (κ2) is 9.09. The molecule has 2 aliphatic rings. The quantitative estimate of drug-likeness (QED) is 0.443. The monoisotopic (exact) mass is 474 g/mol. The zero-order valence-electron chi connectivity index (χ0n) is 19.6. The number of fused-ring (bicyclic) bond motifs is 4. The van der Waals surface area contributed by atoms with Gasteiger partial charge in [0.1, 0.15) is 4.83 Å². The Morgan fingerprint density at radius 2 is 1.85 bits per heavy atom. The Bertz CT molecular complexity index is 1380. The molecule has 0 radical (unpaired) electrons. The third-order valence-corrected chi connectivity index (χ3v) is 8.56. The predicted molar refractivity (Wildman–Crippen MR) is 139 cm³/mol. The lowest BCUT2D eigenvalue weighted by Gasteiger charge is -2.36. The zero-order chi connectivity index (χ0) is 23.1. The molecule has 1 saturated heterocycles. The molecule has 5 heterocycles. The Morgan fingerprint density at radius 3 is 2.71 bits per heavy atom. The summed E-state index contributed by atoms with van der Waals surface area (Å²) in [4.78, 5) is 32.0. The van der Waals surface area contributed by atoms with Crippen molar-refractivity contribution in [1.29, 1.82) is 0 Å². The minimum atomic E-state index is 0.126. The molecule has 0 atom stereocenters. The van der Waals surface area contributed by atoms with E-state index in [9.17, 15) is 4.79 Å². The molecule has 7 nitrogen and oxygen atoms in total. The Labute approximate surface area is 203 Å². The van der Waals surface area contributed by atoms with E-state index < -0.39 is 0 Å². The molecular weight excluding hydrogens is 444 g/mol. The number of aromatic nitrogens is 3. The van der Waals surface area contributed by atoms with Crippen LogP contribution in [0.15, 0.2) is 47.8 Å². The number of benzene rings is 1. The largest absolute Gasteiger partial charge is 0.367 e. The van der Waals surface area contributed by atoms with Crippen LogP contribution in [0, 0.1) is 0 Å². The Morgan fingerprint density at radius 1 is 1.00 bits per heavy atom. The molecule has 3 aromatic heterocycles. The van der Waals surface area contributed by atoms with Gasteiger partial charge in [-0.3, -0.25) is 24.1 Å². The van der Waals surface area contributed by atoms with E-state index in [0.717, 1.165) is 69.0 Å². The highest BCUT2D eigenvalue weighted by Gasteiger charge is 2.24. The van der Waals surface area contributed by atoms with E-state index in [4.69, 9.17) is 0 Å². The van der Waals surface area contributed by atoms with Crippen molar-refractivity contribution >= 4 is 38.0 Å². The van der Waals surface area contributed by atoms with Crippen molar-refractivity contribution in [1.82, 2.24) is 24.3 Å². The number of hydrogen-bond acceptors (Lipinski definition) is 7. The minimum Gasteiger partial charge on any atom is -0.367 e. The molecule has 6 rings (SSSR count). The van der Waals surface area contributed by atoms with Crippen LogP contribution in [0.25, 0.3) is 21.0 Å². The highest BCUT2D eigenvalue weighted by molar-refractivity contribution is 7.18. The van der Waals surface area contributed by atoms with Crippen LogP contribution in [0.1, 0.15) is 17.4 Å². The van der Waals surface area contributed by atoms with Crippen molar-refractivity contribution in [2.24, 2.45) is 0 Å². The summed E-state index contributed by atoms with van der Waals surface area (Å²) in [6, 6.07) is 8.45. The molecule has 0 unspecified atom stereocenters. The standard InChI is InChI=1S/C26H30N6OS/c1-2-29-8-7-23-21(17-29)24-25(34-23)28-18-32(26(24)33)14-11-30-9-12-31(13-10-30)22-16-27-15-19-5-3-4-6-20(19)22/h3-6,15-16,18H,2,7-14,17H2,1H3. The first-order valence-corrected chi connectivity index (χ1v) is 13.0. The number of thiophene rings is 1. The van der Waals surface area contributed by atoms with Gasteiger partial charge in [-0.15, -0.1) is 11.3 Å². The van der Waals surface area contributed by atoms with Crippen LogP contribution in [0.2, 0.25) is 0 Å². The summed E-state index contributed by atoms with van der Waals surface area (Å²) < 4.78 is 1.82. The highest BCUT2D eigenvalue weighted by Crippen LogP contribution is 2.32. The van der Waals surface area contributed by atoms with Gasteiger partial charge in [-0.2, -0.15) is 0 Å². The maximum atomic E-state index is 13.4. The summed E-state index contributed by atoms with van der Waals surface area (Å²) in [7, 11) is 0. The topological polar surface area (TPSA) is 57.5 Å². The number of pyridine rings is 1. The number of hydrogen-bond donors (Lipinski definition) is 0. The Balaban J connectivity index is 1.14. The maximum absolute atomic E-state index is 13.4. The van der Waals surface area contributed by atoms with Crippen LogP contribution in [-0.4, -0.2) is 70.1 Å². The molecule has 1 fully saturated rings. The molecule has 0 saturated carbocycles. The van der Waals surface area contributed by atoms with Crippen molar-refractivity contribution in [3.63, 3.8) is 0 Å². The van der Waals surface area contributed by atoms with Crippen LogP contribution in [-0.2, 0) is 19.5 Å². The lowest BCUT2D eigenvalue weighted by atomic mass is 10.1. The van der Waals surface area contributed by atoms with Crippen molar-refractivity contribution in [3.8, 4) is 0 Å². The van der Waals surface area contributed by atoms with Gasteiger partial charge in [-0.1, -0.05) is 31.2 Å². The molecule has 0 bridgehead atoms. The van der Waals surface area contributed by atoms with E-state index in [1.54, 1.807) is 17.7 Å². The van der Waals surface area contributed by atoms with E-state index in [2.05, 4.69) is 55.9 Å². The van der Waals surface area contributed by atoms with Gasteiger partial charge in [0.05, 0.1) is 23.6 Å². The van der Waals surface area contributed by atoms with E-state index in [-0.39, 0.29) is 5.56 Å². The number of nitrogens with zero attached hydrogens (tertiary/aromatic N) is 6. The Kier molecular flexibility index (Phi) is 5.80. The molecule has 176 valence electrons. The summed E-state index contributed by atoms with van der Waals surface area (Å²) in [5.74, 6) is 0. The molecule has 4 aromatic rings.